The number of methoxy groups -OCH3 is 1. The molecule has 0 fully saturated rings. The third-order valence-electron chi connectivity index (χ3n) is 1.98. The molecule has 0 amide bonds. The van der Waals surface area contributed by atoms with E-state index in [2.05, 4.69) is 5.32 Å². The Bertz CT molecular complexity index is 332. The summed E-state index contributed by atoms with van der Waals surface area (Å²) in [6.45, 7) is 3.48. The zero-order valence-electron chi connectivity index (χ0n) is 8.87. The largest absolute Gasteiger partial charge is 0.478 e. The van der Waals surface area contributed by atoms with Gasteiger partial charge in [0.25, 0.3) is 0 Å². The van der Waals surface area contributed by atoms with Crippen molar-refractivity contribution in [3.05, 3.63) is 23.2 Å². The quantitative estimate of drug-likeness (QED) is 0.690. The highest BCUT2D eigenvalue weighted by atomic mass is 16.5. The van der Waals surface area contributed by atoms with Gasteiger partial charge in [-0.25, -0.2) is 4.79 Å². The van der Waals surface area contributed by atoms with Crippen LogP contribution in [-0.4, -0.2) is 31.3 Å². The summed E-state index contributed by atoms with van der Waals surface area (Å²) in [6, 6.07) is 1.54. The van der Waals surface area contributed by atoms with Crippen LogP contribution in [0, 0.1) is 6.92 Å². The minimum Gasteiger partial charge on any atom is -0.478 e. The summed E-state index contributed by atoms with van der Waals surface area (Å²) < 4.78 is 10.1. The minimum absolute atomic E-state index is 0.221. The summed E-state index contributed by atoms with van der Waals surface area (Å²) in [4.78, 5) is 10.7. The zero-order valence-corrected chi connectivity index (χ0v) is 8.87. The van der Waals surface area contributed by atoms with Crippen molar-refractivity contribution in [1.82, 2.24) is 5.32 Å². The number of carboxylic acid groups (broad SMARTS) is 1. The van der Waals surface area contributed by atoms with Gasteiger partial charge in [-0.05, 0) is 13.0 Å². The predicted octanol–water partition coefficient (Wildman–Crippen LogP) is 1.02. The van der Waals surface area contributed by atoms with Gasteiger partial charge in [-0.2, -0.15) is 0 Å². The average molecular weight is 213 g/mol. The van der Waals surface area contributed by atoms with Gasteiger partial charge in [-0.1, -0.05) is 0 Å². The van der Waals surface area contributed by atoms with E-state index in [9.17, 15) is 4.79 Å². The number of nitrogens with one attached hydrogen (secondary N) is 1. The van der Waals surface area contributed by atoms with Crippen LogP contribution in [0.5, 0.6) is 0 Å². The Hall–Kier alpha value is -1.33. The van der Waals surface area contributed by atoms with Gasteiger partial charge in [0.1, 0.15) is 17.1 Å². The summed E-state index contributed by atoms with van der Waals surface area (Å²) in [5.41, 5.74) is 0.221. The van der Waals surface area contributed by atoms with Crippen LogP contribution in [0.1, 0.15) is 21.9 Å². The molecular formula is C10H15NO4. The molecule has 0 saturated heterocycles. The molecular weight excluding hydrogens is 198 g/mol. The van der Waals surface area contributed by atoms with Crippen LogP contribution in [0.25, 0.3) is 0 Å². The highest BCUT2D eigenvalue weighted by Crippen LogP contribution is 2.14. The fourth-order valence-electron chi connectivity index (χ4n) is 1.23. The summed E-state index contributed by atoms with van der Waals surface area (Å²) in [6.07, 6.45) is 0. The lowest BCUT2D eigenvalue weighted by Crippen LogP contribution is -2.18. The summed E-state index contributed by atoms with van der Waals surface area (Å²) in [5.74, 6) is 0.103. The molecule has 0 spiro atoms. The molecule has 0 aromatic carbocycles. The van der Waals surface area contributed by atoms with Crippen molar-refractivity contribution in [2.45, 2.75) is 13.5 Å². The third kappa shape index (κ3) is 3.38. The molecule has 5 nitrogen and oxygen atoms in total. The lowest BCUT2D eigenvalue weighted by molar-refractivity contribution is 0.0695. The van der Waals surface area contributed by atoms with Crippen LogP contribution in [0.2, 0.25) is 0 Å². The second-order valence-corrected chi connectivity index (χ2v) is 3.16. The maximum absolute atomic E-state index is 10.7. The van der Waals surface area contributed by atoms with Gasteiger partial charge >= 0.3 is 5.97 Å². The topological polar surface area (TPSA) is 71.7 Å². The van der Waals surface area contributed by atoms with Gasteiger partial charge in [0, 0.05) is 13.7 Å². The van der Waals surface area contributed by atoms with Crippen LogP contribution in [0.4, 0.5) is 0 Å². The SMILES string of the molecule is COCCNCc1cc(C(=O)O)c(C)o1. The van der Waals surface area contributed by atoms with Crippen LogP contribution in [0.15, 0.2) is 10.5 Å². The Kier molecular flexibility index (Phi) is 4.33. The molecule has 0 bridgehead atoms. The Morgan fingerprint density at radius 3 is 2.93 bits per heavy atom. The number of furan rings is 1. The molecule has 0 atom stereocenters. The molecule has 0 radical (unpaired) electrons. The smallest absolute Gasteiger partial charge is 0.339 e. The van der Waals surface area contributed by atoms with Crippen molar-refractivity contribution in [3.63, 3.8) is 0 Å². The molecule has 0 aliphatic carbocycles. The second kappa shape index (κ2) is 5.53. The van der Waals surface area contributed by atoms with Gasteiger partial charge in [0.15, 0.2) is 0 Å². The first-order valence-electron chi connectivity index (χ1n) is 4.67. The number of hydrogen-bond donors (Lipinski definition) is 2. The number of ether oxygens (including phenoxy) is 1. The fourth-order valence-corrected chi connectivity index (χ4v) is 1.23. The molecule has 0 unspecified atom stereocenters. The summed E-state index contributed by atoms with van der Waals surface area (Å²) in [7, 11) is 1.63. The van der Waals surface area contributed by atoms with Gasteiger partial charge < -0.3 is 19.6 Å². The third-order valence-corrected chi connectivity index (χ3v) is 1.98. The molecule has 2 N–H and O–H groups in total. The van der Waals surface area contributed by atoms with Crippen molar-refractivity contribution in [2.75, 3.05) is 20.3 Å². The fraction of sp³-hybridized carbons (Fsp3) is 0.500. The molecule has 0 aliphatic rings. The van der Waals surface area contributed by atoms with Gasteiger partial charge in [-0.15, -0.1) is 0 Å². The van der Waals surface area contributed by atoms with E-state index in [4.69, 9.17) is 14.3 Å². The van der Waals surface area contributed by atoms with Crippen molar-refractivity contribution in [1.29, 1.82) is 0 Å². The van der Waals surface area contributed by atoms with Crippen molar-refractivity contribution in [2.24, 2.45) is 0 Å². The Balaban J connectivity index is 2.48. The Labute approximate surface area is 88.0 Å². The molecule has 15 heavy (non-hydrogen) atoms. The first-order chi connectivity index (χ1) is 7.15. The van der Waals surface area contributed by atoms with Crippen molar-refractivity contribution < 1.29 is 19.1 Å². The van der Waals surface area contributed by atoms with Crippen LogP contribution < -0.4 is 5.32 Å². The van der Waals surface area contributed by atoms with Gasteiger partial charge in [-0.3, -0.25) is 0 Å². The maximum atomic E-state index is 10.7. The number of carbonyl (C=O) groups is 1. The Morgan fingerprint density at radius 1 is 1.67 bits per heavy atom. The maximum Gasteiger partial charge on any atom is 0.339 e. The van der Waals surface area contributed by atoms with E-state index in [0.717, 1.165) is 0 Å². The van der Waals surface area contributed by atoms with E-state index in [1.807, 2.05) is 0 Å². The lowest BCUT2D eigenvalue weighted by Gasteiger charge is -2.00. The highest BCUT2D eigenvalue weighted by molar-refractivity contribution is 5.88. The average Bonchev–Trinajstić information content (AvgIpc) is 2.55. The number of carboxylic acids is 1. The first kappa shape index (κ1) is 11.7. The molecule has 1 aromatic heterocycles. The van der Waals surface area contributed by atoms with E-state index in [-0.39, 0.29) is 5.56 Å². The normalized spacial score (nSPS) is 10.5. The predicted molar refractivity (Wildman–Crippen MR) is 54.0 cm³/mol. The number of aromatic carboxylic acids is 1. The van der Waals surface area contributed by atoms with E-state index in [0.29, 0.717) is 31.2 Å². The summed E-state index contributed by atoms with van der Waals surface area (Å²) >= 11 is 0. The van der Waals surface area contributed by atoms with E-state index >= 15 is 0 Å². The molecule has 1 aromatic rings. The number of hydrogen-bond acceptors (Lipinski definition) is 4. The van der Waals surface area contributed by atoms with Crippen LogP contribution in [0.3, 0.4) is 0 Å². The monoisotopic (exact) mass is 213 g/mol. The van der Waals surface area contributed by atoms with Gasteiger partial charge in [0.05, 0.1) is 13.2 Å². The standard InChI is InChI=1S/C10H15NO4/c1-7-9(10(12)13)5-8(15-7)6-11-3-4-14-2/h5,11H,3-4,6H2,1-2H3,(H,12,13). The van der Waals surface area contributed by atoms with E-state index < -0.39 is 5.97 Å². The molecule has 1 rings (SSSR count). The van der Waals surface area contributed by atoms with E-state index in [1.165, 1.54) is 6.07 Å². The van der Waals surface area contributed by atoms with Crippen molar-refractivity contribution >= 4 is 5.97 Å². The molecule has 0 aliphatic heterocycles. The molecule has 1 heterocycles. The van der Waals surface area contributed by atoms with Crippen LogP contribution >= 0.6 is 0 Å². The molecule has 84 valence electrons. The second-order valence-electron chi connectivity index (χ2n) is 3.16. The van der Waals surface area contributed by atoms with Crippen LogP contribution in [-0.2, 0) is 11.3 Å². The van der Waals surface area contributed by atoms with Crippen molar-refractivity contribution in [3.8, 4) is 0 Å². The molecule has 5 heteroatoms. The first-order valence-corrected chi connectivity index (χ1v) is 4.67. The summed E-state index contributed by atoms with van der Waals surface area (Å²) in [5, 5.41) is 11.9. The zero-order chi connectivity index (χ0) is 11.3. The number of aryl methyl sites for hydroxylation is 1. The van der Waals surface area contributed by atoms with Gasteiger partial charge in [0.2, 0.25) is 0 Å². The highest BCUT2D eigenvalue weighted by Gasteiger charge is 2.12. The van der Waals surface area contributed by atoms with E-state index in [1.54, 1.807) is 14.0 Å². The Morgan fingerprint density at radius 2 is 2.40 bits per heavy atom. The number of rotatable bonds is 6. The minimum atomic E-state index is -0.959. The lowest BCUT2D eigenvalue weighted by atomic mass is 10.2. The molecule has 0 saturated carbocycles.